The van der Waals surface area contributed by atoms with Gasteiger partial charge in [0.05, 0.1) is 5.71 Å². The highest BCUT2D eigenvalue weighted by Crippen LogP contribution is 2.40. The second-order valence-corrected chi connectivity index (χ2v) is 6.43. The van der Waals surface area contributed by atoms with E-state index in [1.165, 1.54) is 5.56 Å². The van der Waals surface area contributed by atoms with Crippen LogP contribution in [0.2, 0.25) is 0 Å². The Morgan fingerprint density at radius 1 is 1.18 bits per heavy atom. The minimum atomic E-state index is 0.0483. The fourth-order valence-electron chi connectivity index (χ4n) is 3.67. The minimum Gasteiger partial charge on any atom is -0.326 e. The molecule has 0 saturated heterocycles. The number of hydrazone groups is 1. The second kappa shape index (κ2) is 4.93. The number of carbonyl (C=O) groups excluding carboxylic acids is 2. The van der Waals surface area contributed by atoms with E-state index >= 15 is 0 Å². The van der Waals surface area contributed by atoms with Gasteiger partial charge in [-0.1, -0.05) is 13.0 Å². The molecule has 3 aliphatic rings. The number of nitrogens with one attached hydrogen (secondary N) is 2. The lowest BCUT2D eigenvalue weighted by atomic mass is 9.68. The molecule has 0 radical (unpaired) electrons. The van der Waals surface area contributed by atoms with Gasteiger partial charge in [0, 0.05) is 23.4 Å². The quantitative estimate of drug-likeness (QED) is 0.877. The van der Waals surface area contributed by atoms with Crippen LogP contribution in [0.4, 0.5) is 5.69 Å². The first-order valence-corrected chi connectivity index (χ1v) is 7.99. The summed E-state index contributed by atoms with van der Waals surface area (Å²) in [5.74, 6) is 0.561. The zero-order valence-corrected chi connectivity index (χ0v) is 12.6. The van der Waals surface area contributed by atoms with E-state index in [1.807, 2.05) is 19.1 Å². The molecule has 3 unspecified atom stereocenters. The van der Waals surface area contributed by atoms with Gasteiger partial charge in [-0.3, -0.25) is 9.59 Å². The molecule has 1 aromatic rings. The molecule has 0 aromatic heterocycles. The third-order valence-electron chi connectivity index (χ3n) is 5.24. The van der Waals surface area contributed by atoms with Gasteiger partial charge in [-0.25, -0.2) is 5.43 Å². The van der Waals surface area contributed by atoms with Gasteiger partial charge in [0.1, 0.15) is 0 Å². The highest BCUT2D eigenvalue weighted by molar-refractivity contribution is 6.08. The van der Waals surface area contributed by atoms with E-state index in [0.717, 1.165) is 42.6 Å². The summed E-state index contributed by atoms with van der Waals surface area (Å²) in [4.78, 5) is 23.7. The first-order chi connectivity index (χ1) is 10.7. The Labute approximate surface area is 129 Å². The molecule has 1 aliphatic carbocycles. The molecular formula is C17H19N3O2. The number of hydrogen-bond acceptors (Lipinski definition) is 3. The van der Waals surface area contributed by atoms with Crippen LogP contribution in [0.15, 0.2) is 23.3 Å². The summed E-state index contributed by atoms with van der Waals surface area (Å²) < 4.78 is 0. The third kappa shape index (κ3) is 1.95. The zero-order chi connectivity index (χ0) is 15.3. The molecule has 114 valence electrons. The van der Waals surface area contributed by atoms with Gasteiger partial charge in [-0.15, -0.1) is 0 Å². The van der Waals surface area contributed by atoms with Crippen molar-refractivity contribution in [3.8, 4) is 0 Å². The van der Waals surface area contributed by atoms with Crippen LogP contribution in [0, 0.1) is 17.8 Å². The largest absolute Gasteiger partial charge is 0.326 e. The topological polar surface area (TPSA) is 70.6 Å². The Morgan fingerprint density at radius 3 is 2.73 bits per heavy atom. The van der Waals surface area contributed by atoms with Crippen molar-refractivity contribution in [3.63, 3.8) is 0 Å². The number of nitrogens with zero attached hydrogens (tertiary/aromatic N) is 1. The van der Waals surface area contributed by atoms with E-state index in [0.29, 0.717) is 0 Å². The van der Waals surface area contributed by atoms with E-state index in [-0.39, 0.29) is 29.6 Å². The van der Waals surface area contributed by atoms with Gasteiger partial charge in [0.2, 0.25) is 11.8 Å². The molecule has 2 aliphatic heterocycles. The molecule has 5 nitrogen and oxygen atoms in total. The number of hydrogen-bond donors (Lipinski definition) is 2. The predicted molar refractivity (Wildman–Crippen MR) is 83.5 cm³/mol. The summed E-state index contributed by atoms with van der Waals surface area (Å²) in [6.07, 6.45) is 3.60. The van der Waals surface area contributed by atoms with Crippen molar-refractivity contribution in [1.82, 2.24) is 5.43 Å². The summed E-state index contributed by atoms with van der Waals surface area (Å²) >= 11 is 0. The van der Waals surface area contributed by atoms with E-state index in [4.69, 9.17) is 0 Å². The molecule has 2 heterocycles. The highest BCUT2D eigenvalue weighted by atomic mass is 16.2. The van der Waals surface area contributed by atoms with Crippen LogP contribution in [-0.4, -0.2) is 17.5 Å². The van der Waals surface area contributed by atoms with Crippen molar-refractivity contribution < 1.29 is 9.59 Å². The lowest BCUT2D eigenvalue weighted by Gasteiger charge is -2.39. The SMILES string of the molecule is CCC1Cc2cc(C3=NNC(=O)C4CCC34)ccc2NC1=O. The molecule has 0 spiro atoms. The molecule has 3 atom stereocenters. The van der Waals surface area contributed by atoms with Crippen molar-refractivity contribution in [3.05, 3.63) is 29.3 Å². The molecule has 1 saturated carbocycles. The Bertz CT molecular complexity index is 695. The van der Waals surface area contributed by atoms with Crippen molar-refractivity contribution in [1.29, 1.82) is 0 Å². The van der Waals surface area contributed by atoms with Crippen molar-refractivity contribution in [2.24, 2.45) is 22.9 Å². The van der Waals surface area contributed by atoms with Crippen LogP contribution >= 0.6 is 0 Å². The first-order valence-electron chi connectivity index (χ1n) is 7.99. The monoisotopic (exact) mass is 297 g/mol. The van der Waals surface area contributed by atoms with Crippen LogP contribution in [0.1, 0.15) is 37.3 Å². The van der Waals surface area contributed by atoms with Gasteiger partial charge in [-0.05, 0) is 48.9 Å². The zero-order valence-electron chi connectivity index (χ0n) is 12.6. The van der Waals surface area contributed by atoms with Gasteiger partial charge in [0.15, 0.2) is 0 Å². The van der Waals surface area contributed by atoms with Crippen LogP contribution < -0.4 is 10.7 Å². The van der Waals surface area contributed by atoms with E-state index in [1.54, 1.807) is 0 Å². The molecule has 2 N–H and O–H groups in total. The Morgan fingerprint density at radius 2 is 2.00 bits per heavy atom. The number of amides is 2. The lowest BCUT2D eigenvalue weighted by Crippen LogP contribution is -2.48. The molecule has 22 heavy (non-hydrogen) atoms. The molecule has 4 rings (SSSR count). The van der Waals surface area contributed by atoms with Crippen LogP contribution in [0.25, 0.3) is 0 Å². The Balaban J connectivity index is 1.67. The smallest absolute Gasteiger partial charge is 0.243 e. The maximum absolute atomic E-state index is 11.9. The Hall–Kier alpha value is -2.17. The van der Waals surface area contributed by atoms with E-state index in [9.17, 15) is 9.59 Å². The number of anilines is 1. The van der Waals surface area contributed by atoms with Crippen molar-refractivity contribution in [2.75, 3.05) is 5.32 Å². The Kier molecular flexibility index (Phi) is 3.03. The number of fused-ring (bicyclic) bond motifs is 2. The molecule has 1 fully saturated rings. The average molecular weight is 297 g/mol. The van der Waals surface area contributed by atoms with Gasteiger partial charge < -0.3 is 5.32 Å². The molecule has 1 aromatic carbocycles. The molecule has 0 bridgehead atoms. The van der Waals surface area contributed by atoms with Gasteiger partial charge >= 0.3 is 0 Å². The average Bonchev–Trinajstić information content (AvgIpc) is 2.48. The fraction of sp³-hybridized carbons (Fsp3) is 0.471. The van der Waals surface area contributed by atoms with Crippen LogP contribution in [-0.2, 0) is 16.0 Å². The summed E-state index contributed by atoms with van der Waals surface area (Å²) in [5, 5.41) is 7.28. The molecule has 5 heteroatoms. The number of rotatable bonds is 2. The van der Waals surface area contributed by atoms with E-state index in [2.05, 4.69) is 21.9 Å². The molecule has 2 amide bonds. The van der Waals surface area contributed by atoms with Crippen molar-refractivity contribution in [2.45, 2.75) is 32.6 Å². The third-order valence-corrected chi connectivity index (χ3v) is 5.24. The lowest BCUT2D eigenvalue weighted by molar-refractivity contribution is -0.129. The normalized spacial score (nSPS) is 29.5. The molecular weight excluding hydrogens is 278 g/mol. The van der Waals surface area contributed by atoms with E-state index < -0.39 is 0 Å². The fourth-order valence-corrected chi connectivity index (χ4v) is 3.67. The minimum absolute atomic E-state index is 0.0483. The van der Waals surface area contributed by atoms with Crippen molar-refractivity contribution >= 4 is 23.2 Å². The summed E-state index contributed by atoms with van der Waals surface area (Å²) in [6, 6.07) is 6.08. The standard InChI is InChI=1S/C17H19N3O2/c1-2-9-7-11-8-10(3-6-14(11)18-16(9)21)15-12-4-5-13(12)17(22)20-19-15/h3,6,8-9,12-13H,2,4-5,7H2,1H3,(H,18,21)(H,20,22). The number of benzene rings is 1. The number of carbonyl (C=O) groups is 2. The first kappa shape index (κ1) is 13.5. The predicted octanol–water partition coefficient (Wildman–Crippen LogP) is 2.07. The van der Waals surface area contributed by atoms with Crippen LogP contribution in [0.5, 0.6) is 0 Å². The maximum Gasteiger partial charge on any atom is 0.243 e. The highest BCUT2D eigenvalue weighted by Gasteiger charge is 2.43. The second-order valence-electron chi connectivity index (χ2n) is 6.43. The summed E-state index contributed by atoms with van der Waals surface area (Å²) in [5.41, 5.74) is 6.78. The van der Waals surface area contributed by atoms with Gasteiger partial charge in [0.25, 0.3) is 0 Å². The summed E-state index contributed by atoms with van der Waals surface area (Å²) in [7, 11) is 0. The summed E-state index contributed by atoms with van der Waals surface area (Å²) in [6.45, 7) is 2.04. The maximum atomic E-state index is 11.9. The van der Waals surface area contributed by atoms with Crippen LogP contribution in [0.3, 0.4) is 0 Å². The van der Waals surface area contributed by atoms with Gasteiger partial charge in [-0.2, -0.15) is 5.10 Å².